The van der Waals surface area contributed by atoms with Crippen LogP contribution in [-0.2, 0) is 0 Å². The van der Waals surface area contributed by atoms with Crippen molar-refractivity contribution in [2.24, 2.45) is 0 Å². The molecule has 0 aliphatic heterocycles. The van der Waals surface area contributed by atoms with E-state index in [-0.39, 0.29) is 0 Å². The molecule has 7 rings (SSSR count). The molecule has 1 N–H and O–H groups in total. The number of thiophene rings is 1. The summed E-state index contributed by atoms with van der Waals surface area (Å²) in [5, 5.41) is 8.87. The minimum atomic E-state index is 1.09. The third-order valence-electron chi connectivity index (χ3n) is 6.37. The first kappa shape index (κ1) is 18.5. The molecule has 0 radical (unpaired) electrons. The molecule has 0 fully saturated rings. The van der Waals surface area contributed by atoms with E-state index in [2.05, 4.69) is 125 Å². The predicted octanol–water partition coefficient (Wildman–Crippen LogP) is 8.90. The molecule has 156 valence electrons. The number of rotatable bonds is 3. The van der Waals surface area contributed by atoms with Crippen LogP contribution >= 0.6 is 11.3 Å². The van der Waals surface area contributed by atoms with Crippen LogP contribution in [-0.4, -0.2) is 4.57 Å². The van der Waals surface area contributed by atoms with E-state index < -0.39 is 0 Å². The molecule has 0 saturated carbocycles. The van der Waals surface area contributed by atoms with Gasteiger partial charge in [-0.3, -0.25) is 0 Å². The molecule has 0 aliphatic rings. The molecule has 0 unspecified atom stereocenters. The normalized spacial score (nSPS) is 11.6. The van der Waals surface area contributed by atoms with Crippen LogP contribution in [0.15, 0.2) is 115 Å². The Morgan fingerprint density at radius 2 is 1.27 bits per heavy atom. The summed E-state index contributed by atoms with van der Waals surface area (Å²) in [5.74, 6) is 0. The smallest absolute Gasteiger partial charge is 0.0561 e. The second-order valence-corrected chi connectivity index (χ2v) is 9.41. The lowest BCUT2D eigenvalue weighted by Gasteiger charge is -2.11. The molecule has 33 heavy (non-hydrogen) atoms. The zero-order chi connectivity index (χ0) is 21.8. The average molecular weight is 441 g/mol. The molecule has 2 aromatic heterocycles. The largest absolute Gasteiger partial charge is 0.355 e. The quantitative estimate of drug-likeness (QED) is 0.290. The van der Waals surface area contributed by atoms with Gasteiger partial charge in [0.25, 0.3) is 0 Å². The molecule has 0 bridgehead atoms. The second kappa shape index (κ2) is 7.22. The van der Waals surface area contributed by atoms with Crippen LogP contribution in [0.25, 0.3) is 47.7 Å². The minimum absolute atomic E-state index is 1.09. The van der Waals surface area contributed by atoms with E-state index in [1.54, 1.807) is 0 Å². The highest BCUT2D eigenvalue weighted by molar-refractivity contribution is 7.25. The number of nitrogens with zero attached hydrogens (tertiary/aromatic N) is 1. The van der Waals surface area contributed by atoms with Crippen molar-refractivity contribution in [3.8, 4) is 5.69 Å². The third kappa shape index (κ3) is 2.86. The lowest BCUT2D eigenvalue weighted by atomic mass is 10.1. The fraction of sp³-hybridized carbons (Fsp3) is 0. The monoisotopic (exact) mass is 440 g/mol. The molecule has 2 heterocycles. The number of hydrogen-bond acceptors (Lipinski definition) is 2. The summed E-state index contributed by atoms with van der Waals surface area (Å²) in [4.78, 5) is 0. The highest BCUT2D eigenvalue weighted by Gasteiger charge is 2.14. The summed E-state index contributed by atoms with van der Waals surface area (Å²) < 4.78 is 4.98. The first-order chi connectivity index (χ1) is 16.4. The van der Waals surface area contributed by atoms with Crippen molar-refractivity contribution in [1.82, 2.24) is 4.57 Å². The van der Waals surface area contributed by atoms with Crippen molar-refractivity contribution in [2.75, 3.05) is 5.32 Å². The van der Waals surface area contributed by atoms with E-state index in [0.29, 0.717) is 0 Å². The Hall–Kier alpha value is -4.08. The summed E-state index contributed by atoms with van der Waals surface area (Å²) in [7, 11) is 0. The molecule has 5 aromatic carbocycles. The van der Waals surface area contributed by atoms with Gasteiger partial charge in [-0.1, -0.05) is 66.7 Å². The Balaban J connectivity index is 1.44. The molecule has 3 heteroatoms. The van der Waals surface area contributed by atoms with Gasteiger partial charge in [-0.25, -0.2) is 0 Å². The van der Waals surface area contributed by atoms with Crippen LogP contribution in [0.1, 0.15) is 0 Å². The van der Waals surface area contributed by atoms with Gasteiger partial charge in [0.05, 0.1) is 11.0 Å². The van der Waals surface area contributed by atoms with E-state index in [1.807, 2.05) is 11.3 Å². The third-order valence-corrected chi connectivity index (χ3v) is 7.51. The van der Waals surface area contributed by atoms with Gasteiger partial charge in [0.1, 0.15) is 0 Å². The van der Waals surface area contributed by atoms with E-state index >= 15 is 0 Å². The molecule has 0 atom stereocenters. The summed E-state index contributed by atoms with van der Waals surface area (Å²) in [5.41, 5.74) is 5.83. The summed E-state index contributed by atoms with van der Waals surface area (Å²) in [6.45, 7) is 0. The number of anilines is 2. The zero-order valence-corrected chi connectivity index (χ0v) is 18.6. The van der Waals surface area contributed by atoms with Crippen molar-refractivity contribution in [3.63, 3.8) is 0 Å². The van der Waals surface area contributed by atoms with Gasteiger partial charge in [-0.15, -0.1) is 11.3 Å². The standard InChI is InChI=1S/C30H20N2S/c1-2-9-21(10-3-1)32-26-14-6-4-11-22(26)23-18-17-20(19-27(23)32)31-25-13-8-16-29-30(25)24-12-5-7-15-28(24)33-29/h1-19,31H. The average Bonchev–Trinajstić information content (AvgIpc) is 3.40. The maximum absolute atomic E-state index is 3.73. The molecular formula is C30H20N2S. The van der Waals surface area contributed by atoms with E-state index in [0.717, 1.165) is 11.4 Å². The fourth-order valence-corrected chi connectivity index (χ4v) is 6.07. The zero-order valence-electron chi connectivity index (χ0n) is 17.8. The first-order valence-electron chi connectivity index (χ1n) is 11.1. The number of nitrogens with one attached hydrogen (secondary N) is 1. The molecule has 0 spiro atoms. The number of hydrogen-bond donors (Lipinski definition) is 1. The van der Waals surface area contributed by atoms with Crippen molar-refractivity contribution in [2.45, 2.75) is 0 Å². The van der Waals surface area contributed by atoms with Gasteiger partial charge in [0, 0.05) is 48.0 Å². The molecule has 2 nitrogen and oxygen atoms in total. The first-order valence-corrected chi connectivity index (χ1v) is 11.9. The van der Waals surface area contributed by atoms with E-state index in [9.17, 15) is 0 Å². The van der Waals surface area contributed by atoms with Crippen LogP contribution in [0, 0.1) is 0 Å². The Morgan fingerprint density at radius 1 is 0.545 bits per heavy atom. The highest BCUT2D eigenvalue weighted by atomic mass is 32.1. The van der Waals surface area contributed by atoms with Crippen LogP contribution in [0.4, 0.5) is 11.4 Å². The van der Waals surface area contributed by atoms with Gasteiger partial charge in [0.15, 0.2) is 0 Å². The van der Waals surface area contributed by atoms with Crippen molar-refractivity contribution < 1.29 is 0 Å². The second-order valence-electron chi connectivity index (χ2n) is 8.32. The minimum Gasteiger partial charge on any atom is -0.355 e. The molecule has 7 aromatic rings. The highest BCUT2D eigenvalue weighted by Crippen LogP contribution is 2.40. The van der Waals surface area contributed by atoms with Gasteiger partial charge in [0.2, 0.25) is 0 Å². The SMILES string of the molecule is c1ccc(-n2c3ccccc3c3ccc(Nc4cccc5sc6ccccc6c45)cc32)cc1. The number of benzene rings is 5. The van der Waals surface area contributed by atoms with Gasteiger partial charge in [-0.05, 0) is 48.5 Å². The number of aromatic nitrogens is 1. The summed E-state index contributed by atoms with van der Waals surface area (Å²) in [6, 6.07) is 41.1. The Labute approximate surface area is 195 Å². The number of fused-ring (bicyclic) bond motifs is 6. The van der Waals surface area contributed by atoms with Crippen molar-refractivity contribution in [3.05, 3.63) is 115 Å². The summed E-state index contributed by atoms with van der Waals surface area (Å²) >= 11 is 1.85. The molecule has 0 aliphatic carbocycles. The van der Waals surface area contributed by atoms with Gasteiger partial charge >= 0.3 is 0 Å². The van der Waals surface area contributed by atoms with Crippen LogP contribution in [0.3, 0.4) is 0 Å². The number of para-hydroxylation sites is 2. The van der Waals surface area contributed by atoms with Crippen LogP contribution in [0.2, 0.25) is 0 Å². The topological polar surface area (TPSA) is 17.0 Å². The van der Waals surface area contributed by atoms with E-state index in [4.69, 9.17) is 0 Å². The fourth-order valence-electron chi connectivity index (χ4n) is 4.94. The Morgan fingerprint density at radius 3 is 2.18 bits per heavy atom. The van der Waals surface area contributed by atoms with Gasteiger partial charge in [-0.2, -0.15) is 0 Å². The summed E-state index contributed by atoms with van der Waals surface area (Å²) in [6.07, 6.45) is 0. The molecule has 0 amide bonds. The Bertz CT molecular complexity index is 1790. The molecular weight excluding hydrogens is 420 g/mol. The van der Waals surface area contributed by atoms with Crippen molar-refractivity contribution >= 4 is 64.7 Å². The van der Waals surface area contributed by atoms with Gasteiger partial charge < -0.3 is 9.88 Å². The Kier molecular flexibility index (Phi) is 4.05. The lowest BCUT2D eigenvalue weighted by molar-refractivity contribution is 1.18. The van der Waals surface area contributed by atoms with Crippen molar-refractivity contribution in [1.29, 1.82) is 0 Å². The lowest BCUT2D eigenvalue weighted by Crippen LogP contribution is -1.95. The maximum atomic E-state index is 3.73. The van der Waals surface area contributed by atoms with Crippen LogP contribution in [0.5, 0.6) is 0 Å². The van der Waals surface area contributed by atoms with E-state index in [1.165, 1.54) is 47.7 Å². The maximum Gasteiger partial charge on any atom is 0.0561 e. The van der Waals surface area contributed by atoms with Crippen LogP contribution < -0.4 is 5.32 Å². The predicted molar refractivity (Wildman–Crippen MR) is 143 cm³/mol. The molecule has 0 saturated heterocycles.